The molecule has 0 aromatic heterocycles. The van der Waals surface area contributed by atoms with Crippen LogP contribution in [-0.4, -0.2) is 37.1 Å². The van der Waals surface area contributed by atoms with Crippen LogP contribution in [-0.2, 0) is 9.53 Å². The van der Waals surface area contributed by atoms with Gasteiger partial charge in [-0.1, -0.05) is 30.3 Å². The molecule has 1 aromatic rings. The monoisotopic (exact) mass is 281 g/mol. The molecule has 2 rings (SSSR count). The van der Waals surface area contributed by atoms with Crippen LogP contribution < -0.4 is 0 Å². The van der Waals surface area contributed by atoms with Crippen LogP contribution in [0.25, 0.3) is 6.08 Å². The zero-order chi connectivity index (χ0) is 12.8. The number of piperidine rings is 1. The number of likely N-dealkylation sites (tertiary alicyclic amines) is 1. The van der Waals surface area contributed by atoms with Gasteiger partial charge in [0, 0.05) is 12.6 Å². The SMILES string of the molecule is CN1CCCC(OC(=O)/C=C/c2ccccc2)C1.Cl. The van der Waals surface area contributed by atoms with Gasteiger partial charge in [-0.15, -0.1) is 12.4 Å². The number of hydrogen-bond acceptors (Lipinski definition) is 3. The Bertz CT molecular complexity index is 419. The molecule has 4 heteroatoms. The summed E-state index contributed by atoms with van der Waals surface area (Å²) < 4.78 is 5.42. The second-order valence-electron chi connectivity index (χ2n) is 4.71. The summed E-state index contributed by atoms with van der Waals surface area (Å²) in [6.07, 6.45) is 5.39. The van der Waals surface area contributed by atoms with Crippen molar-refractivity contribution in [3.05, 3.63) is 42.0 Å². The van der Waals surface area contributed by atoms with Gasteiger partial charge in [0.2, 0.25) is 0 Å². The molecular weight excluding hydrogens is 262 g/mol. The van der Waals surface area contributed by atoms with E-state index in [9.17, 15) is 4.79 Å². The van der Waals surface area contributed by atoms with Gasteiger partial charge >= 0.3 is 5.97 Å². The van der Waals surface area contributed by atoms with Gasteiger partial charge in [0.25, 0.3) is 0 Å². The van der Waals surface area contributed by atoms with Crippen molar-refractivity contribution in [3.8, 4) is 0 Å². The molecule has 1 saturated heterocycles. The molecule has 1 aliphatic heterocycles. The average Bonchev–Trinajstić information content (AvgIpc) is 2.38. The lowest BCUT2D eigenvalue weighted by Crippen LogP contribution is -2.37. The molecule has 0 amide bonds. The second kappa shape index (κ2) is 7.97. The Balaban J connectivity index is 0.00000180. The fourth-order valence-corrected chi connectivity index (χ4v) is 2.15. The van der Waals surface area contributed by atoms with Crippen molar-refractivity contribution in [2.45, 2.75) is 18.9 Å². The van der Waals surface area contributed by atoms with Crippen molar-refractivity contribution in [1.82, 2.24) is 4.90 Å². The van der Waals surface area contributed by atoms with Crippen LogP contribution in [0.15, 0.2) is 36.4 Å². The first-order chi connectivity index (χ1) is 8.74. The van der Waals surface area contributed by atoms with Gasteiger partial charge < -0.3 is 9.64 Å². The van der Waals surface area contributed by atoms with Crippen molar-refractivity contribution in [1.29, 1.82) is 0 Å². The Hall–Kier alpha value is -1.32. The summed E-state index contributed by atoms with van der Waals surface area (Å²) in [6, 6.07) is 9.76. The smallest absolute Gasteiger partial charge is 0.331 e. The summed E-state index contributed by atoms with van der Waals surface area (Å²) in [5.74, 6) is -0.251. The number of benzene rings is 1. The average molecular weight is 282 g/mol. The van der Waals surface area contributed by atoms with E-state index < -0.39 is 0 Å². The molecule has 1 heterocycles. The molecule has 0 spiro atoms. The van der Waals surface area contributed by atoms with Crippen molar-refractivity contribution in [2.75, 3.05) is 20.1 Å². The summed E-state index contributed by atoms with van der Waals surface area (Å²) in [7, 11) is 2.06. The van der Waals surface area contributed by atoms with E-state index in [-0.39, 0.29) is 24.5 Å². The van der Waals surface area contributed by atoms with Crippen LogP contribution in [0, 0.1) is 0 Å². The van der Waals surface area contributed by atoms with Crippen LogP contribution in [0.5, 0.6) is 0 Å². The normalized spacial score (nSPS) is 19.9. The molecule has 1 unspecified atom stereocenters. The lowest BCUT2D eigenvalue weighted by Gasteiger charge is -2.28. The van der Waals surface area contributed by atoms with E-state index in [2.05, 4.69) is 11.9 Å². The molecule has 0 saturated carbocycles. The van der Waals surface area contributed by atoms with E-state index in [1.165, 1.54) is 6.08 Å². The predicted octanol–water partition coefficient (Wildman–Crippen LogP) is 2.76. The summed E-state index contributed by atoms with van der Waals surface area (Å²) in [6.45, 7) is 1.93. The minimum Gasteiger partial charge on any atom is -0.458 e. The molecule has 1 atom stereocenters. The molecule has 1 aromatic carbocycles. The number of halogens is 1. The summed E-state index contributed by atoms with van der Waals surface area (Å²) in [4.78, 5) is 13.9. The van der Waals surface area contributed by atoms with E-state index >= 15 is 0 Å². The maximum atomic E-state index is 11.7. The first-order valence-corrected chi connectivity index (χ1v) is 6.36. The Morgan fingerprint density at radius 3 is 2.79 bits per heavy atom. The zero-order valence-corrected chi connectivity index (χ0v) is 11.9. The van der Waals surface area contributed by atoms with E-state index in [0.29, 0.717) is 0 Å². The van der Waals surface area contributed by atoms with Gasteiger partial charge in [-0.3, -0.25) is 0 Å². The number of carbonyl (C=O) groups is 1. The largest absolute Gasteiger partial charge is 0.458 e. The topological polar surface area (TPSA) is 29.5 Å². The fourth-order valence-electron chi connectivity index (χ4n) is 2.15. The number of carbonyl (C=O) groups excluding carboxylic acids is 1. The zero-order valence-electron chi connectivity index (χ0n) is 11.1. The fraction of sp³-hybridized carbons (Fsp3) is 0.400. The number of likely N-dealkylation sites (N-methyl/N-ethyl adjacent to an activating group) is 1. The van der Waals surface area contributed by atoms with Gasteiger partial charge in [-0.05, 0) is 38.1 Å². The molecular formula is C15H20ClNO2. The van der Waals surface area contributed by atoms with Gasteiger partial charge in [-0.25, -0.2) is 4.79 Å². The van der Waals surface area contributed by atoms with Gasteiger partial charge in [-0.2, -0.15) is 0 Å². The maximum absolute atomic E-state index is 11.7. The molecule has 0 bridgehead atoms. The number of esters is 1. The number of ether oxygens (including phenoxy) is 1. The highest BCUT2D eigenvalue weighted by Crippen LogP contribution is 2.12. The van der Waals surface area contributed by atoms with Gasteiger partial charge in [0.1, 0.15) is 6.10 Å². The third-order valence-electron chi connectivity index (χ3n) is 3.08. The van der Waals surface area contributed by atoms with Crippen molar-refractivity contribution in [2.24, 2.45) is 0 Å². The van der Waals surface area contributed by atoms with Crippen LogP contribution in [0.4, 0.5) is 0 Å². The Morgan fingerprint density at radius 2 is 2.11 bits per heavy atom. The summed E-state index contributed by atoms with van der Waals surface area (Å²) in [5.41, 5.74) is 1.01. The van der Waals surface area contributed by atoms with E-state index in [4.69, 9.17) is 4.74 Å². The van der Waals surface area contributed by atoms with E-state index in [1.807, 2.05) is 30.3 Å². The molecule has 1 fully saturated rings. The molecule has 19 heavy (non-hydrogen) atoms. The van der Waals surface area contributed by atoms with E-state index in [0.717, 1.165) is 31.5 Å². The number of rotatable bonds is 3. The van der Waals surface area contributed by atoms with Crippen LogP contribution in [0.3, 0.4) is 0 Å². The highest BCUT2D eigenvalue weighted by atomic mass is 35.5. The van der Waals surface area contributed by atoms with Crippen molar-refractivity contribution >= 4 is 24.5 Å². The molecule has 0 aliphatic carbocycles. The van der Waals surface area contributed by atoms with Crippen molar-refractivity contribution in [3.63, 3.8) is 0 Å². The predicted molar refractivity (Wildman–Crippen MR) is 79.3 cm³/mol. The number of hydrogen-bond donors (Lipinski definition) is 0. The van der Waals surface area contributed by atoms with E-state index in [1.54, 1.807) is 6.08 Å². The molecule has 0 radical (unpaired) electrons. The van der Waals surface area contributed by atoms with Crippen LogP contribution in [0.1, 0.15) is 18.4 Å². The molecule has 1 aliphatic rings. The molecule has 104 valence electrons. The quantitative estimate of drug-likeness (QED) is 0.630. The van der Waals surface area contributed by atoms with Crippen molar-refractivity contribution < 1.29 is 9.53 Å². The minimum atomic E-state index is -0.251. The van der Waals surface area contributed by atoms with Gasteiger partial charge in [0.05, 0.1) is 0 Å². The second-order valence-corrected chi connectivity index (χ2v) is 4.71. The standard InChI is InChI=1S/C15H19NO2.ClH/c1-16-11-5-8-14(12-16)18-15(17)10-9-13-6-3-2-4-7-13;/h2-4,6-7,9-10,14H,5,8,11-12H2,1H3;1H/b10-9+;. The first kappa shape index (κ1) is 15.7. The number of nitrogens with zero attached hydrogens (tertiary/aromatic N) is 1. The van der Waals surface area contributed by atoms with Gasteiger partial charge in [0.15, 0.2) is 0 Å². The third-order valence-corrected chi connectivity index (χ3v) is 3.08. The Kier molecular flexibility index (Phi) is 6.60. The Labute approximate surface area is 120 Å². The third kappa shape index (κ3) is 5.45. The molecule has 3 nitrogen and oxygen atoms in total. The highest BCUT2D eigenvalue weighted by Gasteiger charge is 2.19. The lowest BCUT2D eigenvalue weighted by atomic mass is 10.1. The maximum Gasteiger partial charge on any atom is 0.331 e. The summed E-state index contributed by atoms with van der Waals surface area (Å²) in [5, 5.41) is 0. The van der Waals surface area contributed by atoms with Crippen LogP contribution >= 0.6 is 12.4 Å². The summed E-state index contributed by atoms with van der Waals surface area (Å²) >= 11 is 0. The minimum absolute atomic E-state index is 0. The highest BCUT2D eigenvalue weighted by molar-refractivity contribution is 5.87. The first-order valence-electron chi connectivity index (χ1n) is 6.36. The van der Waals surface area contributed by atoms with Crippen LogP contribution in [0.2, 0.25) is 0 Å². The molecule has 0 N–H and O–H groups in total. The Morgan fingerprint density at radius 1 is 1.37 bits per heavy atom. The lowest BCUT2D eigenvalue weighted by molar-refractivity contribution is -0.145.